The van der Waals surface area contributed by atoms with Crippen molar-refractivity contribution >= 4 is 23.2 Å². The summed E-state index contributed by atoms with van der Waals surface area (Å²) in [6.45, 7) is 3.28. The predicted octanol–water partition coefficient (Wildman–Crippen LogP) is 1.49. The van der Waals surface area contributed by atoms with Gasteiger partial charge in [-0.3, -0.25) is 14.5 Å². The molecule has 0 radical (unpaired) electrons. The van der Waals surface area contributed by atoms with Crippen LogP contribution in [0.5, 0.6) is 0 Å². The average molecular weight is 251 g/mol. The van der Waals surface area contributed by atoms with Crippen LogP contribution in [0.2, 0.25) is 0 Å². The number of carbonyl (C=O) groups excluding carboxylic acids is 2. The van der Waals surface area contributed by atoms with Gasteiger partial charge in [-0.25, -0.2) is 0 Å². The molecule has 17 heavy (non-hydrogen) atoms. The van der Waals surface area contributed by atoms with Gasteiger partial charge in [-0.2, -0.15) is 11.3 Å². The van der Waals surface area contributed by atoms with Crippen LogP contribution in [0, 0.1) is 0 Å². The summed E-state index contributed by atoms with van der Waals surface area (Å²) in [5, 5.41) is 13.6. The number of thiophene rings is 1. The number of rotatable bonds is 3. The molecule has 4 nitrogen and oxygen atoms in total. The molecule has 0 fully saturated rings. The van der Waals surface area contributed by atoms with Gasteiger partial charge in [-0.05, 0) is 36.2 Å². The maximum Gasteiger partial charge on any atom is 0.256 e. The highest BCUT2D eigenvalue weighted by Gasteiger charge is 2.34. The fraction of sp³-hybridized carbons (Fsp3) is 0.333. The first kappa shape index (κ1) is 12.0. The molecule has 1 aliphatic heterocycles. The normalized spacial score (nSPS) is 18.2. The van der Waals surface area contributed by atoms with E-state index < -0.39 is 6.10 Å². The lowest BCUT2D eigenvalue weighted by molar-refractivity contribution is -0.139. The van der Waals surface area contributed by atoms with E-state index in [9.17, 15) is 14.7 Å². The van der Waals surface area contributed by atoms with E-state index in [0.29, 0.717) is 11.1 Å². The Morgan fingerprint density at radius 2 is 1.88 bits per heavy atom. The number of hydrogen-bond donors (Lipinski definition) is 1. The molecule has 0 saturated heterocycles. The molecule has 1 aromatic heterocycles. The summed E-state index contributed by atoms with van der Waals surface area (Å²) in [7, 11) is 0. The Kier molecular flexibility index (Phi) is 3.13. The van der Waals surface area contributed by atoms with Gasteiger partial charge in [0.15, 0.2) is 0 Å². The lowest BCUT2D eigenvalue weighted by Crippen LogP contribution is -2.35. The van der Waals surface area contributed by atoms with Crippen LogP contribution in [0.15, 0.2) is 28.0 Å². The van der Waals surface area contributed by atoms with E-state index in [2.05, 4.69) is 0 Å². The second-order valence-electron chi connectivity index (χ2n) is 4.04. The van der Waals surface area contributed by atoms with E-state index >= 15 is 0 Å². The Balaban J connectivity index is 2.12. The summed E-state index contributed by atoms with van der Waals surface area (Å²) in [4.78, 5) is 24.6. The van der Waals surface area contributed by atoms with Crippen molar-refractivity contribution in [2.24, 2.45) is 0 Å². The van der Waals surface area contributed by atoms with Crippen LogP contribution in [-0.4, -0.2) is 28.4 Å². The summed E-state index contributed by atoms with van der Waals surface area (Å²) >= 11 is 1.47. The third-order valence-corrected chi connectivity index (χ3v) is 3.68. The molecule has 1 aromatic rings. The minimum Gasteiger partial charge on any atom is -0.387 e. The lowest BCUT2D eigenvalue weighted by Gasteiger charge is -2.18. The molecule has 0 saturated carbocycles. The van der Waals surface area contributed by atoms with Crippen LogP contribution in [0.25, 0.3) is 0 Å². The Labute approximate surface area is 103 Å². The molecule has 1 aliphatic rings. The first-order valence-electron chi connectivity index (χ1n) is 5.26. The van der Waals surface area contributed by atoms with Gasteiger partial charge in [0.2, 0.25) is 0 Å². The summed E-state index contributed by atoms with van der Waals surface area (Å²) < 4.78 is 0. The second-order valence-corrected chi connectivity index (χ2v) is 4.82. The van der Waals surface area contributed by atoms with E-state index in [-0.39, 0.29) is 18.4 Å². The van der Waals surface area contributed by atoms with Crippen LogP contribution in [0.1, 0.15) is 25.5 Å². The Morgan fingerprint density at radius 1 is 1.29 bits per heavy atom. The first-order valence-corrected chi connectivity index (χ1v) is 6.20. The standard InChI is InChI=1S/C12H13NO3S/c1-7-8(2)12(16)13(11(7)15)5-10(14)9-3-4-17-6-9/h3-4,6,10,14H,5H2,1-2H3. The zero-order valence-electron chi connectivity index (χ0n) is 9.64. The number of aliphatic hydroxyl groups is 1. The Hall–Kier alpha value is -1.46. The van der Waals surface area contributed by atoms with Crippen molar-refractivity contribution in [2.75, 3.05) is 6.54 Å². The monoisotopic (exact) mass is 251 g/mol. The molecule has 2 rings (SSSR count). The van der Waals surface area contributed by atoms with Gasteiger partial charge in [0, 0.05) is 11.1 Å². The van der Waals surface area contributed by atoms with Gasteiger partial charge in [0.05, 0.1) is 12.6 Å². The van der Waals surface area contributed by atoms with E-state index in [4.69, 9.17) is 0 Å². The number of amides is 2. The molecule has 0 aliphatic carbocycles. The van der Waals surface area contributed by atoms with E-state index in [1.165, 1.54) is 11.3 Å². The predicted molar refractivity (Wildman–Crippen MR) is 64.4 cm³/mol. The van der Waals surface area contributed by atoms with Gasteiger partial charge in [0.25, 0.3) is 11.8 Å². The Morgan fingerprint density at radius 3 is 2.35 bits per heavy atom. The van der Waals surface area contributed by atoms with Crippen LogP contribution < -0.4 is 0 Å². The third kappa shape index (κ3) is 2.03. The van der Waals surface area contributed by atoms with Crippen molar-refractivity contribution in [1.82, 2.24) is 4.90 Å². The smallest absolute Gasteiger partial charge is 0.256 e. The number of nitrogens with zero attached hydrogens (tertiary/aromatic N) is 1. The van der Waals surface area contributed by atoms with E-state index in [1.807, 2.05) is 10.8 Å². The van der Waals surface area contributed by atoms with Crippen LogP contribution in [0.3, 0.4) is 0 Å². The summed E-state index contributed by atoms with van der Waals surface area (Å²) in [5.41, 5.74) is 1.66. The molecule has 2 heterocycles. The van der Waals surface area contributed by atoms with Crippen LogP contribution in [-0.2, 0) is 9.59 Å². The third-order valence-electron chi connectivity index (χ3n) is 2.98. The van der Waals surface area contributed by atoms with Crippen LogP contribution >= 0.6 is 11.3 Å². The van der Waals surface area contributed by atoms with Crippen molar-refractivity contribution in [3.8, 4) is 0 Å². The van der Waals surface area contributed by atoms with E-state index in [0.717, 1.165) is 10.5 Å². The molecule has 0 spiro atoms. The van der Waals surface area contributed by atoms with E-state index in [1.54, 1.807) is 19.9 Å². The topological polar surface area (TPSA) is 57.6 Å². The maximum absolute atomic E-state index is 11.8. The highest BCUT2D eigenvalue weighted by Crippen LogP contribution is 2.24. The molecule has 0 bridgehead atoms. The van der Waals surface area contributed by atoms with Gasteiger partial charge in [0.1, 0.15) is 0 Å². The number of imide groups is 1. The quantitative estimate of drug-likeness (QED) is 0.828. The summed E-state index contributed by atoms with van der Waals surface area (Å²) in [6, 6.07) is 1.79. The van der Waals surface area contributed by atoms with Crippen molar-refractivity contribution < 1.29 is 14.7 Å². The average Bonchev–Trinajstić information content (AvgIpc) is 2.90. The van der Waals surface area contributed by atoms with Crippen molar-refractivity contribution in [3.05, 3.63) is 33.5 Å². The summed E-state index contributed by atoms with van der Waals surface area (Å²) in [5.74, 6) is -0.608. The molecular formula is C12H13NO3S. The van der Waals surface area contributed by atoms with Gasteiger partial charge in [-0.1, -0.05) is 0 Å². The van der Waals surface area contributed by atoms with Crippen molar-refractivity contribution in [2.45, 2.75) is 20.0 Å². The zero-order chi connectivity index (χ0) is 12.6. The van der Waals surface area contributed by atoms with Gasteiger partial charge in [-0.15, -0.1) is 0 Å². The SMILES string of the molecule is CC1=C(C)C(=O)N(CC(O)c2ccsc2)C1=O. The fourth-order valence-corrected chi connectivity index (χ4v) is 2.43. The minimum absolute atomic E-state index is 0.0169. The summed E-state index contributed by atoms with van der Waals surface area (Å²) in [6.07, 6.45) is -0.812. The second kappa shape index (κ2) is 4.43. The van der Waals surface area contributed by atoms with Crippen molar-refractivity contribution in [1.29, 1.82) is 0 Å². The minimum atomic E-state index is -0.812. The molecule has 5 heteroatoms. The lowest BCUT2D eigenvalue weighted by atomic mass is 10.2. The van der Waals surface area contributed by atoms with Gasteiger partial charge >= 0.3 is 0 Å². The largest absolute Gasteiger partial charge is 0.387 e. The highest BCUT2D eigenvalue weighted by molar-refractivity contribution is 7.07. The van der Waals surface area contributed by atoms with Crippen LogP contribution in [0.4, 0.5) is 0 Å². The molecule has 1 atom stereocenters. The van der Waals surface area contributed by atoms with Crippen molar-refractivity contribution in [3.63, 3.8) is 0 Å². The molecule has 90 valence electrons. The number of carbonyl (C=O) groups is 2. The highest BCUT2D eigenvalue weighted by atomic mass is 32.1. The maximum atomic E-state index is 11.8. The number of β-amino-alcohol motifs (C(OH)–C–C–N with tert-alkyl or cyclic N) is 1. The molecule has 1 N–H and O–H groups in total. The molecular weight excluding hydrogens is 238 g/mol. The molecule has 1 unspecified atom stereocenters. The zero-order valence-corrected chi connectivity index (χ0v) is 10.5. The number of hydrogen-bond acceptors (Lipinski definition) is 4. The Bertz CT molecular complexity index is 466. The number of aliphatic hydroxyl groups excluding tert-OH is 1. The molecule has 2 amide bonds. The van der Waals surface area contributed by atoms with Gasteiger partial charge < -0.3 is 5.11 Å². The molecule has 0 aromatic carbocycles. The fourth-order valence-electron chi connectivity index (χ4n) is 1.73. The first-order chi connectivity index (χ1) is 8.02.